The van der Waals surface area contributed by atoms with Crippen LogP contribution in [0.5, 0.6) is 16.7 Å². The summed E-state index contributed by atoms with van der Waals surface area (Å²) in [6.45, 7) is 2.11. The minimum atomic E-state index is -0.413. The Hall–Kier alpha value is -2.86. The van der Waals surface area contributed by atoms with E-state index in [0.717, 1.165) is 35.5 Å². The summed E-state index contributed by atoms with van der Waals surface area (Å²) >= 11 is 1.16. The number of rotatable bonds is 4. The summed E-state index contributed by atoms with van der Waals surface area (Å²) in [6, 6.07) is 14.1. The van der Waals surface area contributed by atoms with Crippen LogP contribution in [0.4, 0.5) is 0 Å². The van der Waals surface area contributed by atoms with Gasteiger partial charge in [0.1, 0.15) is 22.5 Å². The molecule has 5 nitrogen and oxygen atoms in total. The van der Waals surface area contributed by atoms with Crippen molar-refractivity contribution < 1.29 is 19.0 Å². The molecule has 0 spiro atoms. The molecule has 0 N–H and O–H groups in total. The number of ether oxygens (including phenoxy) is 3. The van der Waals surface area contributed by atoms with Gasteiger partial charge in [0.2, 0.25) is 0 Å². The van der Waals surface area contributed by atoms with Crippen LogP contribution in [0.2, 0.25) is 0 Å². The standard InChI is InChI=1S/C21H19NO4S/c1-13-5-3-4-6-16(13)18-9-7-14-11-15(8-10-17(14)26-18)25-21-22-12-19(27-21)20(23)24-2/h3-6,8,10-12,18H,7,9H2,1-2H3. The van der Waals surface area contributed by atoms with E-state index in [1.54, 1.807) is 0 Å². The number of aromatic nitrogens is 1. The third-order valence-electron chi connectivity index (χ3n) is 4.59. The van der Waals surface area contributed by atoms with Gasteiger partial charge in [-0.2, -0.15) is 0 Å². The molecule has 0 saturated carbocycles. The molecule has 0 radical (unpaired) electrons. The van der Waals surface area contributed by atoms with Gasteiger partial charge in [-0.05, 0) is 54.7 Å². The van der Waals surface area contributed by atoms with Crippen LogP contribution in [-0.2, 0) is 11.2 Å². The Morgan fingerprint density at radius 2 is 2.11 bits per heavy atom. The zero-order valence-electron chi connectivity index (χ0n) is 15.1. The van der Waals surface area contributed by atoms with Crippen molar-refractivity contribution in [2.45, 2.75) is 25.9 Å². The fraction of sp³-hybridized carbons (Fsp3) is 0.238. The summed E-state index contributed by atoms with van der Waals surface area (Å²) in [4.78, 5) is 16.0. The number of carbonyl (C=O) groups excluding carboxylic acids is 1. The minimum absolute atomic E-state index is 0.0760. The summed E-state index contributed by atoms with van der Waals surface area (Å²) in [5, 5.41) is 0.407. The van der Waals surface area contributed by atoms with Crippen LogP contribution >= 0.6 is 11.3 Å². The first kappa shape index (κ1) is 17.5. The van der Waals surface area contributed by atoms with Crippen molar-refractivity contribution in [1.82, 2.24) is 4.98 Å². The minimum Gasteiger partial charge on any atom is -0.485 e. The van der Waals surface area contributed by atoms with Gasteiger partial charge in [0.25, 0.3) is 5.19 Å². The third kappa shape index (κ3) is 3.66. The predicted octanol–water partition coefficient (Wildman–Crippen LogP) is 5.10. The number of hydrogen-bond donors (Lipinski definition) is 0. The van der Waals surface area contributed by atoms with Crippen LogP contribution in [0, 0.1) is 6.92 Å². The van der Waals surface area contributed by atoms with E-state index in [2.05, 4.69) is 34.8 Å². The molecule has 1 aliphatic heterocycles. The summed E-state index contributed by atoms with van der Waals surface area (Å²) in [5.74, 6) is 1.15. The zero-order valence-corrected chi connectivity index (χ0v) is 15.9. The van der Waals surface area contributed by atoms with E-state index in [9.17, 15) is 4.79 Å². The summed E-state index contributed by atoms with van der Waals surface area (Å²) in [6.07, 6.45) is 3.37. The molecule has 0 aliphatic carbocycles. The van der Waals surface area contributed by atoms with Crippen LogP contribution in [0.25, 0.3) is 0 Å². The number of benzene rings is 2. The van der Waals surface area contributed by atoms with Gasteiger partial charge < -0.3 is 14.2 Å². The molecule has 3 aromatic rings. The molecular formula is C21H19NO4S. The highest BCUT2D eigenvalue weighted by atomic mass is 32.1. The van der Waals surface area contributed by atoms with Crippen LogP contribution in [0.1, 0.15) is 38.9 Å². The highest BCUT2D eigenvalue weighted by molar-refractivity contribution is 7.15. The van der Waals surface area contributed by atoms with Crippen LogP contribution in [-0.4, -0.2) is 18.1 Å². The first-order valence-electron chi connectivity index (χ1n) is 8.71. The number of hydrogen-bond acceptors (Lipinski definition) is 6. The molecule has 1 aromatic heterocycles. The van der Waals surface area contributed by atoms with Crippen LogP contribution in [0.15, 0.2) is 48.7 Å². The number of aryl methyl sites for hydroxylation is 2. The highest BCUT2D eigenvalue weighted by Crippen LogP contribution is 2.38. The lowest BCUT2D eigenvalue weighted by molar-refractivity contribution is 0.0606. The fourth-order valence-electron chi connectivity index (χ4n) is 3.20. The molecule has 0 amide bonds. The van der Waals surface area contributed by atoms with Crippen molar-refractivity contribution in [2.24, 2.45) is 0 Å². The van der Waals surface area contributed by atoms with E-state index in [0.29, 0.717) is 15.8 Å². The number of nitrogens with zero attached hydrogens (tertiary/aromatic N) is 1. The zero-order chi connectivity index (χ0) is 18.8. The molecule has 0 fully saturated rings. The van der Waals surface area contributed by atoms with Gasteiger partial charge >= 0.3 is 5.97 Å². The van der Waals surface area contributed by atoms with Crippen molar-refractivity contribution in [2.75, 3.05) is 7.11 Å². The number of fused-ring (bicyclic) bond motifs is 1. The Labute approximate surface area is 161 Å². The van der Waals surface area contributed by atoms with E-state index < -0.39 is 5.97 Å². The lowest BCUT2D eigenvalue weighted by atomic mass is 9.95. The van der Waals surface area contributed by atoms with Crippen LogP contribution in [0.3, 0.4) is 0 Å². The largest absolute Gasteiger partial charge is 0.485 e. The number of carbonyl (C=O) groups is 1. The molecule has 2 heterocycles. The van der Waals surface area contributed by atoms with E-state index in [4.69, 9.17) is 9.47 Å². The van der Waals surface area contributed by atoms with Gasteiger partial charge in [-0.1, -0.05) is 35.6 Å². The van der Waals surface area contributed by atoms with Crippen molar-refractivity contribution in [3.8, 4) is 16.7 Å². The summed E-state index contributed by atoms with van der Waals surface area (Å²) < 4.78 is 16.7. The Kier molecular flexibility index (Phi) is 4.81. The highest BCUT2D eigenvalue weighted by Gasteiger charge is 2.23. The molecule has 2 aromatic carbocycles. The van der Waals surface area contributed by atoms with Crippen molar-refractivity contribution in [1.29, 1.82) is 0 Å². The van der Waals surface area contributed by atoms with Crippen molar-refractivity contribution in [3.63, 3.8) is 0 Å². The maximum atomic E-state index is 11.5. The van der Waals surface area contributed by atoms with E-state index in [1.807, 2.05) is 24.3 Å². The maximum absolute atomic E-state index is 11.5. The Balaban J connectivity index is 1.50. The smallest absolute Gasteiger partial charge is 0.349 e. The molecule has 4 rings (SSSR count). The first-order chi connectivity index (χ1) is 13.1. The second-order valence-electron chi connectivity index (χ2n) is 6.36. The topological polar surface area (TPSA) is 57.7 Å². The molecule has 6 heteroatoms. The van der Waals surface area contributed by atoms with E-state index in [-0.39, 0.29) is 6.10 Å². The molecule has 138 valence electrons. The number of thiazole rings is 1. The molecule has 1 atom stereocenters. The molecular weight excluding hydrogens is 362 g/mol. The average Bonchev–Trinajstić information content (AvgIpc) is 3.16. The van der Waals surface area contributed by atoms with Gasteiger partial charge in [0, 0.05) is 0 Å². The lowest BCUT2D eigenvalue weighted by Gasteiger charge is -2.27. The monoisotopic (exact) mass is 381 g/mol. The predicted molar refractivity (Wildman–Crippen MR) is 103 cm³/mol. The quantitative estimate of drug-likeness (QED) is 0.589. The number of esters is 1. The first-order valence-corrected chi connectivity index (χ1v) is 9.53. The Bertz CT molecular complexity index is 982. The normalized spacial score (nSPS) is 15.6. The van der Waals surface area contributed by atoms with E-state index >= 15 is 0 Å². The van der Waals surface area contributed by atoms with Gasteiger partial charge in [-0.25, -0.2) is 9.78 Å². The van der Waals surface area contributed by atoms with Gasteiger partial charge in [0.15, 0.2) is 0 Å². The van der Waals surface area contributed by atoms with Crippen molar-refractivity contribution in [3.05, 3.63) is 70.2 Å². The SMILES string of the molecule is COC(=O)c1cnc(Oc2ccc3c(c2)CCC(c2ccccc2C)O3)s1. The number of methoxy groups -OCH3 is 1. The Morgan fingerprint density at radius 3 is 2.93 bits per heavy atom. The van der Waals surface area contributed by atoms with Gasteiger partial charge in [0.05, 0.1) is 13.3 Å². The Morgan fingerprint density at radius 1 is 1.26 bits per heavy atom. The second-order valence-corrected chi connectivity index (χ2v) is 7.35. The maximum Gasteiger partial charge on any atom is 0.349 e. The summed E-state index contributed by atoms with van der Waals surface area (Å²) in [5.41, 5.74) is 3.60. The fourth-order valence-corrected chi connectivity index (χ4v) is 3.90. The van der Waals surface area contributed by atoms with Crippen LogP contribution < -0.4 is 9.47 Å². The molecule has 1 aliphatic rings. The molecule has 0 bridgehead atoms. The summed E-state index contributed by atoms with van der Waals surface area (Å²) in [7, 11) is 1.34. The molecule has 1 unspecified atom stereocenters. The average molecular weight is 381 g/mol. The van der Waals surface area contributed by atoms with Gasteiger partial charge in [-0.15, -0.1) is 0 Å². The van der Waals surface area contributed by atoms with E-state index in [1.165, 1.54) is 24.4 Å². The second kappa shape index (κ2) is 7.40. The van der Waals surface area contributed by atoms with Gasteiger partial charge in [-0.3, -0.25) is 0 Å². The molecule has 27 heavy (non-hydrogen) atoms. The van der Waals surface area contributed by atoms with Crippen molar-refractivity contribution >= 4 is 17.3 Å². The third-order valence-corrected chi connectivity index (χ3v) is 5.44. The molecule has 0 saturated heterocycles. The lowest BCUT2D eigenvalue weighted by Crippen LogP contribution is -2.16.